The topological polar surface area (TPSA) is 46.6 Å². The SMILES string of the molecule is C=C(C)C(=O)N(CCC(C)=O)c1ccc(OC)cc1. The molecule has 0 bridgehead atoms. The number of benzene rings is 1. The molecule has 0 aliphatic rings. The van der Waals surface area contributed by atoms with Crippen molar-refractivity contribution in [2.45, 2.75) is 20.3 Å². The molecule has 1 rings (SSSR count). The first-order chi connectivity index (χ1) is 8.95. The zero-order valence-corrected chi connectivity index (χ0v) is 11.6. The third kappa shape index (κ3) is 4.25. The summed E-state index contributed by atoms with van der Waals surface area (Å²) in [5, 5.41) is 0. The van der Waals surface area contributed by atoms with E-state index < -0.39 is 0 Å². The Kier molecular flexibility index (Phi) is 5.30. The molecule has 0 atom stereocenters. The average Bonchev–Trinajstić information content (AvgIpc) is 2.39. The standard InChI is InChI=1S/C15H19NO3/c1-11(2)15(18)16(10-9-12(3)17)13-5-7-14(19-4)8-6-13/h5-8H,1,9-10H2,2-4H3. The van der Waals surface area contributed by atoms with E-state index in [9.17, 15) is 9.59 Å². The van der Waals surface area contributed by atoms with Crippen LogP contribution >= 0.6 is 0 Å². The molecule has 4 nitrogen and oxygen atoms in total. The fourth-order valence-electron chi connectivity index (χ4n) is 1.61. The second-order valence-corrected chi connectivity index (χ2v) is 4.39. The fraction of sp³-hybridized carbons (Fsp3) is 0.333. The smallest absolute Gasteiger partial charge is 0.253 e. The molecule has 1 amide bonds. The molecule has 0 N–H and O–H groups in total. The minimum absolute atomic E-state index is 0.0491. The molecule has 0 aromatic heterocycles. The number of rotatable bonds is 6. The highest BCUT2D eigenvalue weighted by Crippen LogP contribution is 2.21. The maximum atomic E-state index is 12.1. The van der Waals surface area contributed by atoms with E-state index in [1.54, 1.807) is 43.2 Å². The van der Waals surface area contributed by atoms with Crippen molar-refractivity contribution < 1.29 is 14.3 Å². The van der Waals surface area contributed by atoms with Gasteiger partial charge in [0, 0.05) is 24.2 Å². The van der Waals surface area contributed by atoms with Crippen LogP contribution in [-0.2, 0) is 9.59 Å². The molecule has 0 heterocycles. The van der Waals surface area contributed by atoms with Gasteiger partial charge in [0.05, 0.1) is 7.11 Å². The number of methoxy groups -OCH3 is 1. The van der Waals surface area contributed by atoms with E-state index in [1.165, 1.54) is 6.92 Å². The van der Waals surface area contributed by atoms with Crippen LogP contribution < -0.4 is 9.64 Å². The van der Waals surface area contributed by atoms with Gasteiger partial charge in [0.15, 0.2) is 0 Å². The van der Waals surface area contributed by atoms with Crippen molar-refractivity contribution in [2.24, 2.45) is 0 Å². The van der Waals surface area contributed by atoms with Gasteiger partial charge in [-0.2, -0.15) is 0 Å². The first-order valence-electron chi connectivity index (χ1n) is 6.06. The van der Waals surface area contributed by atoms with Gasteiger partial charge in [-0.3, -0.25) is 9.59 Å². The maximum absolute atomic E-state index is 12.1. The fourth-order valence-corrected chi connectivity index (χ4v) is 1.61. The molecule has 1 aromatic carbocycles. The van der Waals surface area contributed by atoms with Crippen LogP contribution in [0.3, 0.4) is 0 Å². The number of hydrogen-bond acceptors (Lipinski definition) is 3. The number of ether oxygens (including phenoxy) is 1. The van der Waals surface area contributed by atoms with E-state index in [0.717, 1.165) is 11.4 Å². The first kappa shape index (κ1) is 15.0. The van der Waals surface area contributed by atoms with Crippen molar-refractivity contribution in [3.05, 3.63) is 36.4 Å². The largest absolute Gasteiger partial charge is 0.497 e. The maximum Gasteiger partial charge on any atom is 0.253 e. The predicted molar refractivity (Wildman–Crippen MR) is 75.5 cm³/mol. The van der Waals surface area contributed by atoms with Crippen LogP contribution in [0.1, 0.15) is 20.3 Å². The third-order valence-electron chi connectivity index (χ3n) is 2.68. The molecule has 0 unspecified atom stereocenters. The van der Waals surface area contributed by atoms with Crippen molar-refractivity contribution in [2.75, 3.05) is 18.6 Å². The lowest BCUT2D eigenvalue weighted by Crippen LogP contribution is -2.33. The molecule has 102 valence electrons. The Balaban J connectivity index is 2.96. The van der Waals surface area contributed by atoms with Gasteiger partial charge in [0.25, 0.3) is 5.91 Å². The summed E-state index contributed by atoms with van der Waals surface area (Å²) in [6.45, 7) is 7.19. The summed E-state index contributed by atoms with van der Waals surface area (Å²) in [6, 6.07) is 7.14. The molecular weight excluding hydrogens is 242 g/mol. The van der Waals surface area contributed by atoms with Crippen LogP contribution in [0.15, 0.2) is 36.4 Å². The monoisotopic (exact) mass is 261 g/mol. The summed E-state index contributed by atoms with van der Waals surface area (Å²) in [5.41, 5.74) is 1.18. The van der Waals surface area contributed by atoms with Gasteiger partial charge in [-0.05, 0) is 38.1 Å². The quantitative estimate of drug-likeness (QED) is 0.739. The summed E-state index contributed by atoms with van der Waals surface area (Å²) in [6.07, 6.45) is 0.324. The first-order valence-corrected chi connectivity index (χ1v) is 6.06. The highest BCUT2D eigenvalue weighted by Gasteiger charge is 2.16. The van der Waals surface area contributed by atoms with Gasteiger partial charge in [-0.15, -0.1) is 0 Å². The van der Waals surface area contributed by atoms with Crippen molar-refractivity contribution >= 4 is 17.4 Å². The number of hydrogen-bond donors (Lipinski definition) is 0. The van der Waals surface area contributed by atoms with E-state index in [0.29, 0.717) is 18.5 Å². The van der Waals surface area contributed by atoms with E-state index in [-0.39, 0.29) is 11.7 Å². The lowest BCUT2D eigenvalue weighted by atomic mass is 10.2. The van der Waals surface area contributed by atoms with E-state index in [4.69, 9.17) is 4.74 Å². The summed E-state index contributed by atoms with van der Waals surface area (Å²) >= 11 is 0. The predicted octanol–water partition coefficient (Wildman–Crippen LogP) is 2.58. The molecule has 0 aliphatic carbocycles. The minimum atomic E-state index is -0.175. The van der Waals surface area contributed by atoms with E-state index in [2.05, 4.69) is 6.58 Å². The van der Waals surface area contributed by atoms with Crippen molar-refractivity contribution in [1.29, 1.82) is 0 Å². The average molecular weight is 261 g/mol. The Morgan fingerprint density at radius 2 is 1.79 bits per heavy atom. The van der Waals surface area contributed by atoms with Crippen LogP contribution in [0.2, 0.25) is 0 Å². The third-order valence-corrected chi connectivity index (χ3v) is 2.68. The molecular formula is C15H19NO3. The van der Waals surface area contributed by atoms with Crippen LogP contribution in [0.25, 0.3) is 0 Å². The molecule has 0 saturated carbocycles. The molecule has 19 heavy (non-hydrogen) atoms. The summed E-state index contributed by atoms with van der Waals surface area (Å²) in [4.78, 5) is 24.7. The lowest BCUT2D eigenvalue weighted by Gasteiger charge is -2.22. The Morgan fingerprint density at radius 1 is 1.21 bits per heavy atom. The highest BCUT2D eigenvalue weighted by molar-refractivity contribution is 6.05. The van der Waals surface area contributed by atoms with Crippen molar-refractivity contribution in [3.63, 3.8) is 0 Å². The zero-order valence-electron chi connectivity index (χ0n) is 11.6. The van der Waals surface area contributed by atoms with Crippen molar-refractivity contribution in [3.8, 4) is 5.75 Å². The van der Waals surface area contributed by atoms with Crippen LogP contribution in [0.4, 0.5) is 5.69 Å². The van der Waals surface area contributed by atoms with Gasteiger partial charge >= 0.3 is 0 Å². The lowest BCUT2D eigenvalue weighted by molar-refractivity contribution is -0.117. The Hall–Kier alpha value is -2.10. The van der Waals surface area contributed by atoms with Gasteiger partial charge in [-0.1, -0.05) is 6.58 Å². The van der Waals surface area contributed by atoms with Gasteiger partial charge < -0.3 is 9.64 Å². The summed E-state index contributed by atoms with van der Waals surface area (Å²) < 4.78 is 5.08. The molecule has 0 saturated heterocycles. The molecule has 0 fully saturated rings. The molecule has 4 heteroatoms. The number of Topliss-reactive ketones (excluding diaryl/α,β-unsaturated/α-hetero) is 1. The Morgan fingerprint density at radius 3 is 2.21 bits per heavy atom. The van der Waals surface area contributed by atoms with Gasteiger partial charge in [-0.25, -0.2) is 0 Å². The highest BCUT2D eigenvalue weighted by atomic mass is 16.5. The number of anilines is 1. The Bertz CT molecular complexity index is 477. The van der Waals surface area contributed by atoms with Crippen LogP contribution in [-0.4, -0.2) is 25.3 Å². The summed E-state index contributed by atoms with van der Waals surface area (Å²) in [5.74, 6) is 0.595. The van der Waals surface area contributed by atoms with Crippen LogP contribution in [0.5, 0.6) is 5.75 Å². The molecule has 0 aliphatic heterocycles. The second-order valence-electron chi connectivity index (χ2n) is 4.39. The number of amides is 1. The molecule has 0 radical (unpaired) electrons. The number of ketones is 1. The van der Waals surface area contributed by atoms with Crippen molar-refractivity contribution in [1.82, 2.24) is 0 Å². The van der Waals surface area contributed by atoms with E-state index in [1.807, 2.05) is 0 Å². The van der Waals surface area contributed by atoms with Gasteiger partial charge in [0.1, 0.15) is 11.5 Å². The molecule has 1 aromatic rings. The molecule has 0 spiro atoms. The minimum Gasteiger partial charge on any atom is -0.497 e. The summed E-state index contributed by atoms with van der Waals surface area (Å²) in [7, 11) is 1.58. The zero-order chi connectivity index (χ0) is 14.4. The number of carbonyl (C=O) groups excluding carboxylic acids is 2. The van der Waals surface area contributed by atoms with Gasteiger partial charge in [0.2, 0.25) is 0 Å². The number of nitrogens with zero attached hydrogens (tertiary/aromatic N) is 1. The van der Waals surface area contributed by atoms with Crippen LogP contribution in [0, 0.1) is 0 Å². The normalized spacial score (nSPS) is 9.84. The van der Waals surface area contributed by atoms with E-state index >= 15 is 0 Å². The Labute approximate surface area is 113 Å². The number of carbonyl (C=O) groups is 2. The second kappa shape index (κ2) is 6.73.